The molecular formula is C12H23ClN2O2. The molecule has 5 heteroatoms. The Bertz CT molecular complexity index is 245. The Hall–Kier alpha value is -0.320. The molecule has 2 aliphatic rings. The number of carbonyl (C=O) groups excluding carboxylic acids is 1. The molecule has 4 nitrogen and oxygen atoms in total. The van der Waals surface area contributed by atoms with Crippen molar-refractivity contribution < 1.29 is 9.53 Å². The van der Waals surface area contributed by atoms with E-state index in [2.05, 4.69) is 12.2 Å². The molecule has 1 amide bonds. The lowest BCUT2D eigenvalue weighted by atomic mass is 9.95. The lowest BCUT2D eigenvalue weighted by molar-refractivity contribution is -0.138. The van der Waals surface area contributed by atoms with Crippen molar-refractivity contribution >= 4 is 18.3 Å². The molecule has 2 heterocycles. The van der Waals surface area contributed by atoms with Crippen LogP contribution in [-0.2, 0) is 9.53 Å². The topological polar surface area (TPSA) is 41.6 Å². The van der Waals surface area contributed by atoms with Crippen molar-refractivity contribution in [2.45, 2.75) is 32.2 Å². The van der Waals surface area contributed by atoms with Gasteiger partial charge >= 0.3 is 0 Å². The van der Waals surface area contributed by atoms with Crippen LogP contribution in [0.3, 0.4) is 0 Å². The molecule has 17 heavy (non-hydrogen) atoms. The van der Waals surface area contributed by atoms with Crippen LogP contribution >= 0.6 is 12.4 Å². The van der Waals surface area contributed by atoms with Crippen LogP contribution in [-0.4, -0.2) is 49.7 Å². The molecule has 2 atom stereocenters. The van der Waals surface area contributed by atoms with Gasteiger partial charge in [-0.3, -0.25) is 4.79 Å². The van der Waals surface area contributed by atoms with Crippen molar-refractivity contribution in [2.24, 2.45) is 5.92 Å². The molecule has 0 aromatic carbocycles. The molecule has 2 rings (SSSR count). The van der Waals surface area contributed by atoms with Gasteiger partial charge in [-0.15, -0.1) is 12.4 Å². The minimum Gasteiger partial charge on any atom is -0.378 e. The highest BCUT2D eigenvalue weighted by Crippen LogP contribution is 2.19. The summed E-state index contributed by atoms with van der Waals surface area (Å²) >= 11 is 0. The molecule has 0 aromatic heterocycles. The number of carbonyl (C=O) groups is 1. The van der Waals surface area contributed by atoms with Gasteiger partial charge in [0.15, 0.2) is 0 Å². The van der Waals surface area contributed by atoms with Crippen LogP contribution in [0.15, 0.2) is 0 Å². The summed E-state index contributed by atoms with van der Waals surface area (Å²) in [7, 11) is 0. The zero-order chi connectivity index (χ0) is 11.4. The molecule has 0 saturated carbocycles. The number of ether oxygens (including phenoxy) is 1. The largest absolute Gasteiger partial charge is 0.378 e. The number of rotatable bonds is 2. The van der Waals surface area contributed by atoms with Gasteiger partial charge in [0.1, 0.15) is 6.04 Å². The maximum absolute atomic E-state index is 12.2. The van der Waals surface area contributed by atoms with Crippen LogP contribution in [0.4, 0.5) is 0 Å². The first-order valence-electron chi connectivity index (χ1n) is 6.41. The van der Waals surface area contributed by atoms with Gasteiger partial charge in [-0.25, -0.2) is 0 Å². The Kier molecular flexibility index (Phi) is 6.23. The molecule has 0 aliphatic carbocycles. The number of likely N-dealkylation sites (tertiary alicyclic amines) is 1. The van der Waals surface area contributed by atoms with E-state index in [0.29, 0.717) is 12.5 Å². The SMILES string of the molecule is CCC1CCCN(C(=O)C2COCCN2)C1.Cl. The van der Waals surface area contributed by atoms with Crippen LogP contribution in [0.5, 0.6) is 0 Å². The van der Waals surface area contributed by atoms with E-state index < -0.39 is 0 Å². The summed E-state index contributed by atoms with van der Waals surface area (Å²) in [6.07, 6.45) is 3.60. The van der Waals surface area contributed by atoms with Gasteiger partial charge in [0.25, 0.3) is 0 Å². The fraction of sp³-hybridized carbons (Fsp3) is 0.917. The normalized spacial score (nSPS) is 29.6. The zero-order valence-electron chi connectivity index (χ0n) is 10.5. The predicted molar refractivity (Wildman–Crippen MR) is 69.5 cm³/mol. The molecule has 0 radical (unpaired) electrons. The van der Waals surface area contributed by atoms with Gasteiger partial charge in [0.05, 0.1) is 13.2 Å². The van der Waals surface area contributed by atoms with Crippen molar-refractivity contribution in [2.75, 3.05) is 32.8 Å². The molecule has 2 fully saturated rings. The van der Waals surface area contributed by atoms with Gasteiger partial charge in [-0.2, -0.15) is 0 Å². The molecule has 0 bridgehead atoms. The zero-order valence-corrected chi connectivity index (χ0v) is 11.3. The van der Waals surface area contributed by atoms with Crippen molar-refractivity contribution in [3.05, 3.63) is 0 Å². The number of nitrogens with zero attached hydrogens (tertiary/aromatic N) is 1. The molecule has 2 unspecified atom stereocenters. The monoisotopic (exact) mass is 262 g/mol. The Morgan fingerprint density at radius 2 is 2.35 bits per heavy atom. The van der Waals surface area contributed by atoms with E-state index in [1.807, 2.05) is 4.90 Å². The summed E-state index contributed by atoms with van der Waals surface area (Å²) in [6.45, 7) is 6.12. The summed E-state index contributed by atoms with van der Waals surface area (Å²) in [5.74, 6) is 0.931. The van der Waals surface area contributed by atoms with Gasteiger partial charge in [0, 0.05) is 19.6 Å². The van der Waals surface area contributed by atoms with Crippen molar-refractivity contribution in [3.63, 3.8) is 0 Å². The Labute approximate surface area is 109 Å². The van der Waals surface area contributed by atoms with E-state index in [4.69, 9.17) is 4.74 Å². The van der Waals surface area contributed by atoms with E-state index in [1.165, 1.54) is 12.8 Å². The first kappa shape index (κ1) is 14.7. The van der Waals surface area contributed by atoms with E-state index in [0.717, 1.165) is 32.7 Å². The standard InChI is InChI=1S/C12H22N2O2.ClH/c1-2-10-4-3-6-14(8-10)12(15)11-9-16-7-5-13-11;/h10-11,13H,2-9H2,1H3;1H. The number of hydrogen-bond acceptors (Lipinski definition) is 3. The number of piperidine rings is 1. The van der Waals surface area contributed by atoms with E-state index >= 15 is 0 Å². The van der Waals surface area contributed by atoms with Crippen LogP contribution in [0.2, 0.25) is 0 Å². The number of hydrogen-bond donors (Lipinski definition) is 1. The quantitative estimate of drug-likeness (QED) is 0.809. The Morgan fingerprint density at radius 3 is 3.00 bits per heavy atom. The second-order valence-corrected chi connectivity index (χ2v) is 4.78. The lowest BCUT2D eigenvalue weighted by Gasteiger charge is -2.35. The smallest absolute Gasteiger partial charge is 0.242 e. The number of amides is 1. The van der Waals surface area contributed by atoms with Crippen molar-refractivity contribution in [1.29, 1.82) is 0 Å². The van der Waals surface area contributed by atoms with E-state index in [1.54, 1.807) is 0 Å². The minimum atomic E-state index is -0.107. The molecule has 0 spiro atoms. The predicted octanol–water partition coefficient (Wildman–Crippen LogP) is 1.05. The first-order chi connectivity index (χ1) is 7.81. The first-order valence-corrected chi connectivity index (χ1v) is 6.41. The van der Waals surface area contributed by atoms with E-state index in [-0.39, 0.29) is 24.4 Å². The van der Waals surface area contributed by atoms with Crippen molar-refractivity contribution in [1.82, 2.24) is 10.2 Å². The Balaban J connectivity index is 0.00000144. The molecule has 2 saturated heterocycles. The maximum atomic E-state index is 12.2. The number of nitrogens with one attached hydrogen (secondary N) is 1. The van der Waals surface area contributed by atoms with Gasteiger partial charge in [-0.1, -0.05) is 13.3 Å². The third-order valence-corrected chi connectivity index (χ3v) is 3.63. The van der Waals surface area contributed by atoms with E-state index in [9.17, 15) is 4.79 Å². The third-order valence-electron chi connectivity index (χ3n) is 3.63. The second kappa shape index (κ2) is 7.19. The second-order valence-electron chi connectivity index (χ2n) is 4.78. The van der Waals surface area contributed by atoms with Crippen LogP contribution in [0.1, 0.15) is 26.2 Å². The fourth-order valence-corrected chi connectivity index (χ4v) is 2.54. The summed E-state index contributed by atoms with van der Waals surface area (Å²) in [5, 5.41) is 3.23. The minimum absolute atomic E-state index is 0. The van der Waals surface area contributed by atoms with Crippen LogP contribution < -0.4 is 5.32 Å². The molecule has 100 valence electrons. The third kappa shape index (κ3) is 3.83. The molecule has 0 aromatic rings. The lowest BCUT2D eigenvalue weighted by Crippen LogP contribution is -2.54. The average molecular weight is 263 g/mol. The highest BCUT2D eigenvalue weighted by molar-refractivity contribution is 5.85. The maximum Gasteiger partial charge on any atom is 0.242 e. The van der Waals surface area contributed by atoms with Crippen LogP contribution in [0.25, 0.3) is 0 Å². The molecule has 1 N–H and O–H groups in total. The van der Waals surface area contributed by atoms with Crippen molar-refractivity contribution in [3.8, 4) is 0 Å². The van der Waals surface area contributed by atoms with Gasteiger partial charge in [0.2, 0.25) is 5.91 Å². The average Bonchev–Trinajstić information content (AvgIpc) is 2.39. The summed E-state index contributed by atoms with van der Waals surface area (Å²) in [6, 6.07) is -0.107. The number of morpholine rings is 1. The fourth-order valence-electron chi connectivity index (χ4n) is 2.54. The highest BCUT2D eigenvalue weighted by Gasteiger charge is 2.29. The summed E-state index contributed by atoms with van der Waals surface area (Å²) in [5.41, 5.74) is 0. The number of halogens is 1. The summed E-state index contributed by atoms with van der Waals surface area (Å²) < 4.78 is 5.34. The highest BCUT2D eigenvalue weighted by atomic mass is 35.5. The molecule has 2 aliphatic heterocycles. The molecular weight excluding hydrogens is 240 g/mol. The summed E-state index contributed by atoms with van der Waals surface area (Å²) in [4.78, 5) is 14.2. The van der Waals surface area contributed by atoms with Crippen LogP contribution in [0, 0.1) is 5.92 Å². The Morgan fingerprint density at radius 1 is 1.53 bits per heavy atom. The van der Waals surface area contributed by atoms with Gasteiger partial charge < -0.3 is 15.0 Å². The van der Waals surface area contributed by atoms with Gasteiger partial charge in [-0.05, 0) is 18.8 Å².